The van der Waals surface area contributed by atoms with Crippen LogP contribution in [0.2, 0.25) is 0 Å². The second kappa shape index (κ2) is 7.20. The third kappa shape index (κ3) is 2.90. The summed E-state index contributed by atoms with van der Waals surface area (Å²) in [6.45, 7) is 4.91. The lowest BCUT2D eigenvalue weighted by Crippen LogP contribution is -2.31. The Bertz CT molecular complexity index is 1100. The van der Waals surface area contributed by atoms with E-state index in [1.807, 2.05) is 32.0 Å². The molecule has 1 atom stereocenters. The average Bonchev–Trinajstić information content (AvgIpc) is 2.97. The monoisotopic (exact) mass is 378 g/mol. The van der Waals surface area contributed by atoms with Crippen molar-refractivity contribution in [3.05, 3.63) is 74.9 Å². The highest BCUT2D eigenvalue weighted by Gasteiger charge is 2.42. The number of amides is 1. The summed E-state index contributed by atoms with van der Waals surface area (Å²) < 4.78 is 11.1. The highest BCUT2D eigenvalue weighted by Crippen LogP contribution is 2.38. The Morgan fingerprint density at radius 1 is 1.21 bits per heavy atom. The van der Waals surface area contributed by atoms with Crippen LogP contribution in [0.5, 0.6) is 0 Å². The molecule has 3 aromatic rings. The van der Waals surface area contributed by atoms with E-state index in [1.54, 1.807) is 30.5 Å². The molecule has 0 radical (unpaired) electrons. The molecule has 1 unspecified atom stereocenters. The number of methoxy groups -OCH3 is 1. The molecule has 2 aromatic heterocycles. The van der Waals surface area contributed by atoms with Gasteiger partial charge in [-0.2, -0.15) is 0 Å². The van der Waals surface area contributed by atoms with Crippen LogP contribution >= 0.6 is 0 Å². The van der Waals surface area contributed by atoms with Crippen LogP contribution in [0.15, 0.2) is 45.9 Å². The summed E-state index contributed by atoms with van der Waals surface area (Å²) in [5.41, 5.74) is 3.51. The van der Waals surface area contributed by atoms with E-state index >= 15 is 0 Å². The van der Waals surface area contributed by atoms with Gasteiger partial charge >= 0.3 is 0 Å². The molecule has 1 aliphatic rings. The zero-order valence-electron chi connectivity index (χ0n) is 16.2. The number of aromatic nitrogens is 1. The summed E-state index contributed by atoms with van der Waals surface area (Å²) in [6.07, 6.45) is 4.03. The third-order valence-electron chi connectivity index (χ3n) is 5.33. The third-order valence-corrected chi connectivity index (χ3v) is 5.33. The van der Waals surface area contributed by atoms with Gasteiger partial charge in [0.05, 0.1) is 17.0 Å². The van der Waals surface area contributed by atoms with Gasteiger partial charge < -0.3 is 14.1 Å². The maximum Gasteiger partial charge on any atom is 0.290 e. The molecule has 28 heavy (non-hydrogen) atoms. The number of benzene rings is 1. The molecule has 0 saturated heterocycles. The Labute approximate surface area is 162 Å². The van der Waals surface area contributed by atoms with Gasteiger partial charge in [-0.3, -0.25) is 14.6 Å². The van der Waals surface area contributed by atoms with Crippen LogP contribution in [0.25, 0.3) is 11.0 Å². The molecule has 1 aromatic carbocycles. The molecule has 1 aliphatic heterocycles. The smallest absolute Gasteiger partial charge is 0.290 e. The molecular formula is C22H22N2O4. The first-order valence-corrected chi connectivity index (χ1v) is 9.30. The molecule has 6 heteroatoms. The summed E-state index contributed by atoms with van der Waals surface area (Å²) in [4.78, 5) is 32.4. The fraction of sp³-hybridized carbons (Fsp3) is 0.318. The Kier molecular flexibility index (Phi) is 4.73. The van der Waals surface area contributed by atoms with Crippen molar-refractivity contribution in [2.75, 3.05) is 20.3 Å². The van der Waals surface area contributed by atoms with Gasteiger partial charge in [-0.25, -0.2) is 0 Å². The Balaban J connectivity index is 1.93. The van der Waals surface area contributed by atoms with Crippen molar-refractivity contribution >= 4 is 16.9 Å². The van der Waals surface area contributed by atoms with Gasteiger partial charge in [-0.1, -0.05) is 6.07 Å². The lowest BCUT2D eigenvalue weighted by molar-refractivity contribution is 0.0707. The average molecular weight is 378 g/mol. The number of hydrogen-bond donors (Lipinski definition) is 0. The zero-order valence-corrected chi connectivity index (χ0v) is 16.2. The van der Waals surface area contributed by atoms with E-state index in [9.17, 15) is 9.59 Å². The van der Waals surface area contributed by atoms with E-state index in [4.69, 9.17) is 9.15 Å². The maximum atomic E-state index is 13.4. The lowest BCUT2D eigenvalue weighted by Gasteiger charge is -2.24. The second-order valence-corrected chi connectivity index (χ2v) is 7.14. The number of aryl methyl sites for hydroxylation is 2. The number of carbonyl (C=O) groups excluding carboxylic acids is 1. The summed E-state index contributed by atoms with van der Waals surface area (Å²) in [5, 5.41) is 0.502. The van der Waals surface area contributed by atoms with E-state index in [1.165, 1.54) is 0 Å². The lowest BCUT2D eigenvalue weighted by atomic mass is 9.98. The fourth-order valence-corrected chi connectivity index (χ4v) is 3.77. The van der Waals surface area contributed by atoms with Gasteiger partial charge in [0.1, 0.15) is 5.58 Å². The summed E-state index contributed by atoms with van der Waals surface area (Å²) in [5.74, 6) is -0.135. The number of pyridine rings is 1. The number of ether oxygens (including phenoxy) is 1. The van der Waals surface area contributed by atoms with Gasteiger partial charge in [0.15, 0.2) is 5.43 Å². The highest BCUT2D eigenvalue weighted by molar-refractivity contribution is 5.99. The molecule has 0 saturated carbocycles. The Morgan fingerprint density at radius 3 is 2.71 bits per heavy atom. The van der Waals surface area contributed by atoms with Crippen LogP contribution < -0.4 is 5.43 Å². The van der Waals surface area contributed by atoms with Gasteiger partial charge in [0.25, 0.3) is 5.91 Å². The standard InChI is InChI=1S/C22H22N2O4/c1-13-10-16-17(11-14(13)2)28-21-18(20(16)25)19(15-6-4-7-23-12-15)24(22(21)26)8-5-9-27-3/h4,6-7,10-12,19H,5,8-9H2,1-3H3. The van der Waals surface area contributed by atoms with Gasteiger partial charge in [-0.05, 0) is 55.2 Å². The van der Waals surface area contributed by atoms with Crippen molar-refractivity contribution in [2.45, 2.75) is 26.3 Å². The van der Waals surface area contributed by atoms with Gasteiger partial charge in [0.2, 0.25) is 5.76 Å². The number of fused-ring (bicyclic) bond motifs is 2. The van der Waals surface area contributed by atoms with Gasteiger partial charge in [0, 0.05) is 32.7 Å². The quantitative estimate of drug-likeness (QED) is 0.637. The van der Waals surface area contributed by atoms with E-state index in [2.05, 4.69) is 4.98 Å². The molecular weight excluding hydrogens is 356 g/mol. The van der Waals surface area contributed by atoms with Crippen LogP contribution in [-0.2, 0) is 4.74 Å². The molecule has 0 N–H and O–H groups in total. The molecule has 3 heterocycles. The Morgan fingerprint density at radius 2 is 2.00 bits per heavy atom. The minimum atomic E-state index is -0.504. The minimum absolute atomic E-state index is 0.132. The Hall–Kier alpha value is -2.99. The molecule has 4 rings (SSSR count). The molecule has 0 aliphatic carbocycles. The van der Waals surface area contributed by atoms with Crippen molar-refractivity contribution in [1.29, 1.82) is 0 Å². The van der Waals surface area contributed by atoms with Crippen LogP contribution in [0.4, 0.5) is 0 Å². The topological polar surface area (TPSA) is 72.6 Å². The van der Waals surface area contributed by atoms with Crippen molar-refractivity contribution < 1.29 is 13.9 Å². The number of carbonyl (C=O) groups is 1. The van der Waals surface area contributed by atoms with Crippen LogP contribution in [0.1, 0.15) is 45.3 Å². The SMILES string of the molecule is COCCCN1C(=O)c2oc3cc(C)c(C)cc3c(=O)c2C1c1cccnc1. The first-order chi connectivity index (χ1) is 13.5. The largest absolute Gasteiger partial charge is 0.450 e. The summed E-state index contributed by atoms with van der Waals surface area (Å²) in [6, 6.07) is 6.85. The van der Waals surface area contributed by atoms with E-state index in [0.29, 0.717) is 36.1 Å². The van der Waals surface area contributed by atoms with E-state index < -0.39 is 6.04 Å². The maximum absolute atomic E-state index is 13.4. The van der Waals surface area contributed by atoms with Crippen LogP contribution in [-0.4, -0.2) is 36.1 Å². The van der Waals surface area contributed by atoms with Crippen molar-refractivity contribution in [2.24, 2.45) is 0 Å². The summed E-state index contributed by atoms with van der Waals surface area (Å²) in [7, 11) is 1.63. The van der Waals surface area contributed by atoms with Crippen LogP contribution in [0.3, 0.4) is 0 Å². The minimum Gasteiger partial charge on any atom is -0.450 e. The van der Waals surface area contributed by atoms with Crippen molar-refractivity contribution in [3.63, 3.8) is 0 Å². The molecule has 6 nitrogen and oxygen atoms in total. The predicted molar refractivity (Wildman–Crippen MR) is 106 cm³/mol. The molecule has 0 spiro atoms. The molecule has 1 amide bonds. The second-order valence-electron chi connectivity index (χ2n) is 7.14. The van der Waals surface area contributed by atoms with E-state index in [-0.39, 0.29) is 17.1 Å². The summed E-state index contributed by atoms with van der Waals surface area (Å²) >= 11 is 0. The van der Waals surface area contributed by atoms with Gasteiger partial charge in [-0.15, -0.1) is 0 Å². The predicted octanol–water partition coefficient (Wildman–Crippen LogP) is 3.39. The van der Waals surface area contributed by atoms with Crippen molar-refractivity contribution in [3.8, 4) is 0 Å². The first-order valence-electron chi connectivity index (χ1n) is 9.30. The first kappa shape index (κ1) is 18.4. The zero-order chi connectivity index (χ0) is 19.8. The number of rotatable bonds is 5. The number of hydrogen-bond acceptors (Lipinski definition) is 5. The molecule has 0 fully saturated rings. The van der Waals surface area contributed by atoms with Crippen LogP contribution in [0, 0.1) is 13.8 Å². The molecule has 144 valence electrons. The molecule has 0 bridgehead atoms. The highest BCUT2D eigenvalue weighted by atomic mass is 16.5. The fourth-order valence-electron chi connectivity index (χ4n) is 3.77. The normalized spacial score (nSPS) is 16.0. The van der Waals surface area contributed by atoms with E-state index in [0.717, 1.165) is 16.7 Å². The number of nitrogens with zero attached hydrogens (tertiary/aromatic N) is 2. The van der Waals surface area contributed by atoms with Crippen molar-refractivity contribution in [1.82, 2.24) is 9.88 Å².